The quantitative estimate of drug-likeness (QED) is 0.108. The Bertz CT molecular complexity index is 3380. The minimum absolute atomic E-state index is 0.0475. The SMILES string of the molecule is COC1CCC23CC(C)CC45C=CC6CC7CC8(CO)C=CCCC8C(CO)=C7C(=O)CC6c6cc(OC7CCCC7)c(O)c7c6C#CCC(CC(C=C42)C1C73)N=C(N)NC1(CCCCC1)c1cccc(c1)C1(CCCC1)c1cc(O)cc5c1. The molecule has 3 spiro atoms. The Hall–Kier alpha value is -5.60. The minimum Gasteiger partial charge on any atom is -0.508 e. The van der Waals surface area contributed by atoms with Crippen LogP contribution < -0.4 is 15.8 Å². The molecule has 3 aromatic carbocycles. The summed E-state index contributed by atoms with van der Waals surface area (Å²) in [6, 6.07) is 18.0. The lowest BCUT2D eigenvalue weighted by atomic mass is 9.40. The fourth-order valence-electron chi connectivity index (χ4n) is 21.5. The van der Waals surface area contributed by atoms with E-state index in [4.69, 9.17) is 20.2 Å². The number of ketones is 1. The fraction of sp³-hybridized carbons (Fsp3) is 0.595. The van der Waals surface area contributed by atoms with Crippen molar-refractivity contribution in [2.45, 2.75) is 207 Å². The summed E-state index contributed by atoms with van der Waals surface area (Å²) >= 11 is 0. The van der Waals surface area contributed by atoms with Crippen LogP contribution in [0.5, 0.6) is 17.2 Å². The number of guanidine groups is 1. The van der Waals surface area contributed by atoms with E-state index in [-0.39, 0.29) is 108 Å². The number of allylic oxidation sites excluding steroid dienone is 6. The van der Waals surface area contributed by atoms with Crippen LogP contribution >= 0.6 is 0 Å². The van der Waals surface area contributed by atoms with Gasteiger partial charge in [-0.05, 0) is 202 Å². The zero-order chi connectivity index (χ0) is 57.3. The van der Waals surface area contributed by atoms with Gasteiger partial charge in [0.1, 0.15) is 5.75 Å². The van der Waals surface area contributed by atoms with Crippen molar-refractivity contribution < 1.29 is 34.7 Å². The number of phenolic OH excluding ortho intramolecular Hbond substituents is 2. The van der Waals surface area contributed by atoms with Crippen LogP contribution in [-0.2, 0) is 25.9 Å². The molecule has 442 valence electrons. The number of ether oxygens (including phenoxy) is 2. The summed E-state index contributed by atoms with van der Waals surface area (Å²) in [5.74, 6) is 8.02. The zero-order valence-electron chi connectivity index (χ0n) is 49.8. The minimum atomic E-state index is -0.731. The Morgan fingerprint density at radius 1 is 0.833 bits per heavy atom. The molecule has 10 nitrogen and oxygen atoms in total. The van der Waals surface area contributed by atoms with Crippen molar-refractivity contribution in [2.75, 3.05) is 20.3 Å². The summed E-state index contributed by atoms with van der Waals surface area (Å²) < 4.78 is 14.0. The summed E-state index contributed by atoms with van der Waals surface area (Å²) in [6.07, 6.45) is 32.9. The van der Waals surface area contributed by atoms with Gasteiger partial charge in [-0.25, -0.2) is 4.99 Å². The molecule has 0 radical (unpaired) electrons. The van der Waals surface area contributed by atoms with E-state index in [0.29, 0.717) is 37.4 Å². The van der Waals surface area contributed by atoms with E-state index < -0.39 is 21.8 Å². The first-order valence-corrected chi connectivity index (χ1v) is 33.1. The summed E-state index contributed by atoms with van der Waals surface area (Å²) in [5.41, 5.74) is 15.2. The number of fused-ring (bicyclic) bond motifs is 12. The number of phenols is 2. The van der Waals surface area contributed by atoms with E-state index in [0.717, 1.165) is 149 Å². The molecule has 13 unspecified atom stereocenters. The highest BCUT2D eigenvalue weighted by Gasteiger charge is 2.65. The molecule has 1 aliphatic heterocycles. The maximum Gasteiger partial charge on any atom is 0.189 e. The molecule has 12 aliphatic rings. The number of aliphatic imine (C=N–C) groups is 1. The summed E-state index contributed by atoms with van der Waals surface area (Å²) in [4.78, 5) is 21.6. The molecule has 15 rings (SSSR count). The Kier molecular flexibility index (Phi) is 13.6. The second-order valence-corrected chi connectivity index (χ2v) is 29.1. The molecule has 0 aromatic heterocycles. The Labute approximate surface area is 498 Å². The standard InChI is InChI=1S/C74H89N3O7/c1-44-39-72-28-21-45-30-47-41-70(43-79)23-9-6-20-59(70)58(42-78)64(47)60(81)37-56(45)57-38-62(84-54-17-4-5-18-54)68(82)66-55(57)19-13-16-52(31-46-32-63(72)73(40-44)29-22-61(83-2)65(46)67(66)73)76-69(75)77-74(26-7-3-8-27-74)49-15-12-14-48(33-49)71(24-10-11-25-71)50-34-51(72)36-53(80)35-50/h9,12,14-15,21,23,28,32-36,38,44-47,52,54,56,59,61,65,67,78-80,82H,3-8,10-11,16-18,20,22,24-27,29-31,37,39-43H2,1-2H3,(H3,75,76,77). The van der Waals surface area contributed by atoms with Gasteiger partial charge in [0.05, 0.1) is 37.0 Å². The Morgan fingerprint density at radius 2 is 1.62 bits per heavy atom. The van der Waals surface area contributed by atoms with Gasteiger partial charge >= 0.3 is 0 Å². The number of carbonyl (C=O) groups is 1. The second kappa shape index (κ2) is 20.8. The van der Waals surface area contributed by atoms with Gasteiger partial charge in [0.15, 0.2) is 23.2 Å². The summed E-state index contributed by atoms with van der Waals surface area (Å²) in [5, 5.41) is 53.6. The molecule has 10 heteroatoms. The van der Waals surface area contributed by atoms with Gasteiger partial charge in [-0.15, -0.1) is 0 Å². The first-order chi connectivity index (χ1) is 40.8. The number of carbonyl (C=O) groups excluding carboxylic acids is 1. The van der Waals surface area contributed by atoms with Crippen molar-refractivity contribution in [3.8, 4) is 29.1 Å². The average Bonchev–Trinajstić information content (AvgIpc) is 0.958. The molecule has 1 heterocycles. The van der Waals surface area contributed by atoms with E-state index in [1.54, 1.807) is 0 Å². The van der Waals surface area contributed by atoms with E-state index in [9.17, 15) is 20.4 Å². The third kappa shape index (κ3) is 8.40. The molecular weight excluding hydrogens is 1040 g/mol. The van der Waals surface area contributed by atoms with Gasteiger partial charge < -0.3 is 41.0 Å². The number of benzene rings is 3. The van der Waals surface area contributed by atoms with Gasteiger partial charge in [0.2, 0.25) is 0 Å². The number of nitrogens with zero attached hydrogens (tertiary/aromatic N) is 1. The number of hydrogen-bond donors (Lipinski definition) is 6. The largest absolute Gasteiger partial charge is 0.508 e. The van der Waals surface area contributed by atoms with Gasteiger partial charge in [-0.2, -0.15) is 0 Å². The lowest BCUT2D eigenvalue weighted by molar-refractivity contribution is -0.116. The molecule has 13 atom stereocenters. The van der Waals surface area contributed by atoms with Crippen LogP contribution in [0.15, 0.2) is 101 Å². The van der Waals surface area contributed by atoms with Crippen LogP contribution in [0.25, 0.3) is 0 Å². The van der Waals surface area contributed by atoms with Crippen LogP contribution in [0, 0.1) is 58.2 Å². The molecule has 3 aromatic rings. The average molecular weight is 1130 g/mol. The maximum absolute atomic E-state index is 16.0. The maximum atomic E-state index is 16.0. The highest BCUT2D eigenvalue weighted by atomic mass is 16.5. The van der Waals surface area contributed by atoms with Gasteiger partial charge in [-0.1, -0.05) is 117 Å². The number of hydrogen-bond acceptors (Lipinski definition) is 10. The first-order valence-electron chi connectivity index (χ1n) is 33.1. The van der Waals surface area contributed by atoms with Crippen LogP contribution in [0.3, 0.4) is 0 Å². The second-order valence-electron chi connectivity index (χ2n) is 29.1. The van der Waals surface area contributed by atoms with Crippen molar-refractivity contribution >= 4 is 11.7 Å². The number of nitrogens with one attached hydrogen (secondary N) is 1. The summed E-state index contributed by atoms with van der Waals surface area (Å²) in [7, 11) is 1.88. The molecule has 6 saturated carbocycles. The smallest absolute Gasteiger partial charge is 0.189 e. The predicted octanol–water partition coefficient (Wildman–Crippen LogP) is 13.2. The lowest BCUT2D eigenvalue weighted by Crippen LogP contribution is -2.58. The molecule has 0 amide bonds. The van der Waals surface area contributed by atoms with Crippen LogP contribution in [0.1, 0.15) is 212 Å². The number of rotatable bonds is 5. The van der Waals surface area contributed by atoms with E-state index in [1.165, 1.54) is 28.7 Å². The van der Waals surface area contributed by atoms with Crippen molar-refractivity contribution in [1.29, 1.82) is 0 Å². The third-order valence-corrected chi connectivity index (χ3v) is 24.8. The van der Waals surface area contributed by atoms with Gasteiger partial charge in [-0.3, -0.25) is 4.79 Å². The van der Waals surface area contributed by atoms with Crippen molar-refractivity contribution in [2.24, 2.45) is 57.1 Å². The Balaban J connectivity index is 1.06. The molecule has 7 N–H and O–H groups in total. The molecule has 14 bridgehead atoms. The number of nitrogens with two attached hydrogens (primary N) is 1. The monoisotopic (exact) mass is 1130 g/mol. The molecular formula is C74H89N3O7. The number of aliphatic hydroxyl groups excluding tert-OH is 2. The number of Topliss-reactive ketones (excluding diaryl/α,β-unsaturated/α-hetero) is 1. The molecule has 0 saturated heterocycles. The molecule has 11 aliphatic carbocycles. The Morgan fingerprint density at radius 3 is 2.42 bits per heavy atom. The first kappa shape index (κ1) is 55.0. The normalized spacial score (nSPS) is 36.8. The number of aliphatic hydroxyl groups is 2. The van der Waals surface area contributed by atoms with Crippen LogP contribution in [0.2, 0.25) is 0 Å². The third-order valence-electron chi connectivity index (χ3n) is 24.8. The topological polar surface area (TPSA) is 167 Å². The summed E-state index contributed by atoms with van der Waals surface area (Å²) in [6.45, 7) is 2.17. The highest BCUT2D eigenvalue weighted by molar-refractivity contribution is 5.98. The predicted molar refractivity (Wildman–Crippen MR) is 328 cm³/mol. The number of methoxy groups -OCH3 is 1. The van der Waals surface area contributed by atoms with Gasteiger partial charge in [0.25, 0.3) is 0 Å². The van der Waals surface area contributed by atoms with Crippen molar-refractivity contribution in [1.82, 2.24) is 5.32 Å². The van der Waals surface area contributed by atoms with Crippen molar-refractivity contribution in [3.05, 3.63) is 135 Å². The number of aromatic hydroxyl groups is 2. The molecule has 84 heavy (non-hydrogen) atoms. The highest BCUT2D eigenvalue weighted by Crippen LogP contribution is 2.73. The van der Waals surface area contributed by atoms with Crippen LogP contribution in [0.4, 0.5) is 0 Å². The lowest BCUT2D eigenvalue weighted by Gasteiger charge is -2.64. The van der Waals surface area contributed by atoms with E-state index in [1.807, 2.05) is 7.11 Å². The van der Waals surface area contributed by atoms with Gasteiger partial charge in [0, 0.05) is 64.2 Å². The molecule has 6 fully saturated rings. The zero-order valence-corrected chi connectivity index (χ0v) is 49.8. The van der Waals surface area contributed by atoms with Crippen LogP contribution in [-0.4, -0.2) is 70.7 Å². The van der Waals surface area contributed by atoms with Crippen molar-refractivity contribution in [3.63, 3.8) is 0 Å². The fourth-order valence-corrected chi connectivity index (χ4v) is 21.5. The van der Waals surface area contributed by atoms with E-state index in [2.05, 4.69) is 103 Å². The van der Waals surface area contributed by atoms with E-state index >= 15 is 4.79 Å².